The van der Waals surface area contributed by atoms with Gasteiger partial charge >= 0.3 is 0 Å². The van der Waals surface area contributed by atoms with Crippen LogP contribution in [0.2, 0.25) is 0 Å². The highest BCUT2D eigenvalue weighted by atomic mass is 32.1. The Morgan fingerprint density at radius 2 is 0.907 bits per heavy atom. The molecule has 0 saturated heterocycles. The van der Waals surface area contributed by atoms with Crippen molar-refractivity contribution in [2.75, 3.05) is 0 Å². The van der Waals surface area contributed by atoms with Crippen LogP contribution in [-0.4, -0.2) is 0 Å². The average Bonchev–Trinajstić information content (AvgIpc) is 3.46. The SMILES string of the molecule is C=Cc1c(C=C)c(-c2cccc3c2sc2ccccc23)c2ccccc2c1-c1ccc(-c2ccccc2)c2ccccc12. The molecule has 0 bridgehead atoms. The molecule has 0 aliphatic carbocycles. The smallest absolute Gasteiger partial charge is 0.0434 e. The predicted octanol–water partition coefficient (Wildman–Crippen LogP) is 12.6. The average molecular weight is 565 g/mol. The number of hydrogen-bond acceptors (Lipinski definition) is 1. The Kier molecular flexibility index (Phi) is 6.06. The second kappa shape index (κ2) is 10.2. The second-order valence-corrected chi connectivity index (χ2v) is 11.9. The summed E-state index contributed by atoms with van der Waals surface area (Å²) < 4.78 is 2.61. The van der Waals surface area contributed by atoms with Gasteiger partial charge in [-0.1, -0.05) is 153 Å². The highest BCUT2D eigenvalue weighted by Crippen LogP contribution is 2.48. The fourth-order valence-electron chi connectivity index (χ4n) is 6.81. The van der Waals surface area contributed by atoms with Crippen LogP contribution in [0.3, 0.4) is 0 Å². The highest BCUT2D eigenvalue weighted by molar-refractivity contribution is 7.26. The molecule has 8 rings (SSSR count). The molecule has 1 heterocycles. The van der Waals surface area contributed by atoms with Crippen molar-refractivity contribution < 1.29 is 0 Å². The summed E-state index contributed by atoms with van der Waals surface area (Å²) in [4.78, 5) is 0. The van der Waals surface area contributed by atoms with E-state index in [4.69, 9.17) is 0 Å². The van der Waals surface area contributed by atoms with Gasteiger partial charge in [-0.25, -0.2) is 0 Å². The molecule has 0 amide bonds. The summed E-state index contributed by atoms with van der Waals surface area (Å²) in [5.74, 6) is 0. The lowest BCUT2D eigenvalue weighted by Gasteiger charge is -2.22. The maximum absolute atomic E-state index is 4.36. The molecule has 0 nitrogen and oxygen atoms in total. The quantitative estimate of drug-likeness (QED) is 0.195. The van der Waals surface area contributed by atoms with Gasteiger partial charge in [0.15, 0.2) is 0 Å². The van der Waals surface area contributed by atoms with E-state index in [0.717, 1.165) is 11.1 Å². The monoisotopic (exact) mass is 564 g/mol. The first-order valence-electron chi connectivity index (χ1n) is 14.6. The lowest BCUT2D eigenvalue weighted by atomic mass is 9.81. The standard InChI is InChI=1S/C42H28S/c1-3-28-29(4-2)41(38-23-14-22-37-33-19-12-13-24-39(33)43-42(37)38)35-21-11-10-20-34(35)40(28)36-26-25-30(27-15-6-5-7-16-27)31-17-8-9-18-32(31)36/h3-26H,1-2H2. The minimum Gasteiger partial charge on any atom is -0.135 e. The molecular weight excluding hydrogens is 537 g/mol. The van der Waals surface area contributed by atoms with E-state index in [1.54, 1.807) is 0 Å². The molecule has 43 heavy (non-hydrogen) atoms. The maximum Gasteiger partial charge on any atom is 0.0434 e. The van der Waals surface area contributed by atoms with Gasteiger partial charge in [-0.3, -0.25) is 0 Å². The van der Waals surface area contributed by atoms with Crippen LogP contribution < -0.4 is 0 Å². The first-order chi connectivity index (χ1) is 21.3. The third-order valence-electron chi connectivity index (χ3n) is 8.65. The van der Waals surface area contributed by atoms with Crippen LogP contribution in [0, 0.1) is 0 Å². The largest absolute Gasteiger partial charge is 0.135 e. The van der Waals surface area contributed by atoms with Gasteiger partial charge in [-0.2, -0.15) is 0 Å². The maximum atomic E-state index is 4.36. The van der Waals surface area contributed by atoms with E-state index in [-0.39, 0.29) is 0 Å². The fraction of sp³-hybridized carbons (Fsp3) is 0. The molecule has 0 unspecified atom stereocenters. The predicted molar refractivity (Wildman–Crippen MR) is 191 cm³/mol. The van der Waals surface area contributed by atoms with E-state index in [1.807, 2.05) is 23.5 Å². The molecule has 0 atom stereocenters. The van der Waals surface area contributed by atoms with E-state index in [0.29, 0.717) is 0 Å². The number of benzene rings is 7. The third-order valence-corrected chi connectivity index (χ3v) is 9.87. The van der Waals surface area contributed by atoms with Crippen molar-refractivity contribution in [3.05, 3.63) is 158 Å². The Morgan fingerprint density at radius 1 is 0.395 bits per heavy atom. The minimum atomic E-state index is 1.11. The van der Waals surface area contributed by atoms with Gasteiger partial charge in [0.05, 0.1) is 0 Å². The van der Waals surface area contributed by atoms with Gasteiger partial charge in [-0.15, -0.1) is 11.3 Å². The third kappa shape index (κ3) is 3.90. The lowest BCUT2D eigenvalue weighted by Crippen LogP contribution is -1.97. The topological polar surface area (TPSA) is 0 Å². The normalized spacial score (nSPS) is 11.4. The van der Waals surface area contributed by atoms with E-state index >= 15 is 0 Å². The summed E-state index contributed by atoms with van der Waals surface area (Å²) in [5, 5.41) is 7.51. The number of thiophene rings is 1. The van der Waals surface area contributed by atoms with Gasteiger partial charge in [0.2, 0.25) is 0 Å². The zero-order valence-corrected chi connectivity index (χ0v) is 24.5. The van der Waals surface area contributed by atoms with Gasteiger partial charge < -0.3 is 0 Å². The van der Waals surface area contributed by atoms with E-state index in [2.05, 4.69) is 147 Å². The van der Waals surface area contributed by atoms with Crippen LogP contribution in [-0.2, 0) is 0 Å². The first-order valence-corrected chi connectivity index (χ1v) is 15.4. The van der Waals surface area contributed by atoms with Gasteiger partial charge in [0.1, 0.15) is 0 Å². The molecule has 0 radical (unpaired) electrons. The van der Waals surface area contributed by atoms with E-state index < -0.39 is 0 Å². The van der Waals surface area contributed by atoms with E-state index in [1.165, 1.54) is 75.1 Å². The van der Waals surface area contributed by atoms with Crippen molar-refractivity contribution in [2.45, 2.75) is 0 Å². The van der Waals surface area contributed by atoms with Gasteiger partial charge in [0, 0.05) is 25.7 Å². The summed E-state index contributed by atoms with van der Waals surface area (Å²) in [7, 11) is 0. The van der Waals surface area contributed by atoms with Crippen LogP contribution in [0.25, 0.3) is 87.2 Å². The Bertz CT molecular complexity index is 2370. The highest BCUT2D eigenvalue weighted by Gasteiger charge is 2.22. The summed E-state index contributed by atoms with van der Waals surface area (Å²) in [6.45, 7) is 8.73. The summed E-state index contributed by atoms with van der Waals surface area (Å²) >= 11 is 1.87. The van der Waals surface area contributed by atoms with Crippen LogP contribution in [0.1, 0.15) is 11.1 Å². The summed E-state index contributed by atoms with van der Waals surface area (Å²) in [6.07, 6.45) is 4.04. The molecule has 0 aliphatic rings. The van der Waals surface area contributed by atoms with Crippen molar-refractivity contribution in [1.82, 2.24) is 0 Å². The van der Waals surface area contributed by atoms with Crippen LogP contribution >= 0.6 is 11.3 Å². The van der Waals surface area contributed by atoms with Crippen LogP contribution in [0.5, 0.6) is 0 Å². The van der Waals surface area contributed by atoms with Crippen molar-refractivity contribution in [2.24, 2.45) is 0 Å². The van der Waals surface area contributed by atoms with Gasteiger partial charge in [0.25, 0.3) is 0 Å². The van der Waals surface area contributed by atoms with Crippen molar-refractivity contribution in [1.29, 1.82) is 0 Å². The molecule has 7 aromatic carbocycles. The zero-order valence-electron chi connectivity index (χ0n) is 23.7. The Hall–Kier alpha value is -5.24. The molecule has 1 aromatic heterocycles. The first kappa shape index (κ1) is 25.5. The van der Waals surface area contributed by atoms with Crippen molar-refractivity contribution >= 4 is 65.2 Å². The van der Waals surface area contributed by atoms with Crippen LogP contribution in [0.15, 0.2) is 147 Å². The molecule has 0 saturated carbocycles. The molecule has 0 N–H and O–H groups in total. The molecule has 0 fully saturated rings. The van der Waals surface area contributed by atoms with E-state index in [9.17, 15) is 0 Å². The van der Waals surface area contributed by atoms with Crippen molar-refractivity contribution in [3.8, 4) is 33.4 Å². The zero-order chi connectivity index (χ0) is 28.9. The Morgan fingerprint density at radius 3 is 1.58 bits per heavy atom. The van der Waals surface area contributed by atoms with Crippen molar-refractivity contribution in [3.63, 3.8) is 0 Å². The summed E-state index contributed by atoms with van der Waals surface area (Å²) in [5.41, 5.74) is 9.54. The Balaban J connectivity index is 1.49. The van der Waals surface area contributed by atoms with Gasteiger partial charge in [-0.05, 0) is 66.6 Å². The molecule has 202 valence electrons. The molecule has 0 aliphatic heterocycles. The van der Waals surface area contributed by atoms with Crippen LogP contribution in [0.4, 0.5) is 0 Å². The number of fused-ring (bicyclic) bond motifs is 5. The summed E-state index contributed by atoms with van der Waals surface area (Å²) in [6, 6.07) is 48.2. The lowest BCUT2D eigenvalue weighted by molar-refractivity contribution is 1.61. The minimum absolute atomic E-state index is 1.11. The molecule has 0 spiro atoms. The number of hydrogen-bond donors (Lipinski definition) is 0. The second-order valence-electron chi connectivity index (χ2n) is 10.9. The number of rotatable bonds is 5. The molecular formula is C42H28S. The Labute approximate surface area is 255 Å². The fourth-order valence-corrected chi connectivity index (χ4v) is 8.04. The molecule has 1 heteroatoms. The molecule has 8 aromatic rings.